The van der Waals surface area contributed by atoms with Crippen LogP contribution in [-0.2, 0) is 0 Å². The van der Waals surface area contributed by atoms with Crippen molar-refractivity contribution < 1.29 is 9.90 Å². The fourth-order valence-electron chi connectivity index (χ4n) is 3.24. The van der Waals surface area contributed by atoms with E-state index in [1.807, 2.05) is 35.4 Å². The Labute approximate surface area is 130 Å². The van der Waals surface area contributed by atoms with Gasteiger partial charge in [0.25, 0.3) is 5.91 Å². The Hall–Kier alpha value is -1.85. The van der Waals surface area contributed by atoms with E-state index in [4.69, 9.17) is 0 Å². The standard InChI is InChI=1S/C17H23N3O2/c1-2-13(12-21)19-8-10-20(11-9-19)17(22)15-4-3-5-16-14(15)6-7-18-16/h3-7,13,18,21H,2,8-12H2,1H3. The molecule has 1 aliphatic rings. The predicted molar refractivity (Wildman–Crippen MR) is 86.9 cm³/mol. The van der Waals surface area contributed by atoms with E-state index < -0.39 is 0 Å². The number of H-pyrrole nitrogens is 1. The van der Waals surface area contributed by atoms with E-state index in [2.05, 4.69) is 16.8 Å². The zero-order valence-corrected chi connectivity index (χ0v) is 13.0. The Bertz CT molecular complexity index is 640. The minimum atomic E-state index is 0.0990. The first-order valence-electron chi connectivity index (χ1n) is 7.95. The molecule has 1 aromatic carbocycles. The lowest BCUT2D eigenvalue weighted by Gasteiger charge is -2.38. The Morgan fingerprint density at radius 3 is 2.73 bits per heavy atom. The highest BCUT2D eigenvalue weighted by Gasteiger charge is 2.26. The van der Waals surface area contributed by atoms with Gasteiger partial charge >= 0.3 is 0 Å². The van der Waals surface area contributed by atoms with Gasteiger partial charge in [0.15, 0.2) is 0 Å². The summed E-state index contributed by atoms with van der Waals surface area (Å²) in [5.74, 6) is 0.0990. The molecule has 0 radical (unpaired) electrons. The van der Waals surface area contributed by atoms with Crippen molar-refractivity contribution >= 4 is 16.8 Å². The molecule has 118 valence electrons. The topological polar surface area (TPSA) is 59.6 Å². The minimum absolute atomic E-state index is 0.0990. The van der Waals surface area contributed by atoms with Crippen LogP contribution >= 0.6 is 0 Å². The predicted octanol–water partition coefficient (Wildman–Crippen LogP) is 1.70. The van der Waals surface area contributed by atoms with Gasteiger partial charge in [-0.15, -0.1) is 0 Å². The summed E-state index contributed by atoms with van der Waals surface area (Å²) in [6.45, 7) is 5.37. The van der Waals surface area contributed by atoms with E-state index in [0.717, 1.165) is 49.1 Å². The number of aliphatic hydroxyl groups excluding tert-OH is 1. The van der Waals surface area contributed by atoms with Crippen LogP contribution in [0.4, 0.5) is 0 Å². The second kappa shape index (κ2) is 6.50. The van der Waals surface area contributed by atoms with Crippen LogP contribution in [0.5, 0.6) is 0 Å². The number of aromatic amines is 1. The van der Waals surface area contributed by atoms with Gasteiger partial charge in [-0.05, 0) is 24.6 Å². The summed E-state index contributed by atoms with van der Waals surface area (Å²) in [4.78, 5) is 20.1. The Kier molecular flexibility index (Phi) is 4.45. The highest BCUT2D eigenvalue weighted by atomic mass is 16.3. The Morgan fingerprint density at radius 1 is 1.27 bits per heavy atom. The summed E-state index contributed by atoms with van der Waals surface area (Å²) in [5, 5.41) is 10.4. The second-order valence-electron chi connectivity index (χ2n) is 5.82. The van der Waals surface area contributed by atoms with Crippen LogP contribution < -0.4 is 0 Å². The number of carbonyl (C=O) groups is 1. The number of benzene rings is 1. The van der Waals surface area contributed by atoms with Crippen LogP contribution in [-0.4, -0.2) is 64.6 Å². The van der Waals surface area contributed by atoms with Gasteiger partial charge in [0.2, 0.25) is 0 Å². The molecule has 22 heavy (non-hydrogen) atoms. The number of aromatic nitrogens is 1. The number of carbonyl (C=O) groups excluding carboxylic acids is 1. The molecule has 1 fully saturated rings. The summed E-state index contributed by atoms with van der Waals surface area (Å²) in [6, 6.07) is 7.97. The quantitative estimate of drug-likeness (QED) is 0.903. The largest absolute Gasteiger partial charge is 0.395 e. The third-order valence-electron chi connectivity index (χ3n) is 4.63. The fraction of sp³-hybridized carbons (Fsp3) is 0.471. The van der Waals surface area contributed by atoms with E-state index in [9.17, 15) is 9.90 Å². The van der Waals surface area contributed by atoms with Crippen LogP contribution in [0, 0.1) is 0 Å². The molecule has 3 rings (SSSR count). The maximum absolute atomic E-state index is 12.8. The van der Waals surface area contributed by atoms with E-state index in [1.165, 1.54) is 0 Å². The van der Waals surface area contributed by atoms with Gasteiger partial charge in [-0.3, -0.25) is 9.69 Å². The molecule has 0 bridgehead atoms. The molecule has 2 aromatic rings. The number of hydrogen-bond donors (Lipinski definition) is 2. The number of fused-ring (bicyclic) bond motifs is 1. The summed E-state index contributed by atoms with van der Waals surface area (Å²) >= 11 is 0. The number of piperazine rings is 1. The lowest BCUT2D eigenvalue weighted by atomic mass is 10.1. The average Bonchev–Trinajstić information content (AvgIpc) is 3.04. The monoisotopic (exact) mass is 301 g/mol. The van der Waals surface area contributed by atoms with Crippen molar-refractivity contribution in [1.29, 1.82) is 0 Å². The summed E-state index contributed by atoms with van der Waals surface area (Å²) in [7, 11) is 0. The van der Waals surface area contributed by atoms with Gasteiger partial charge in [0, 0.05) is 54.9 Å². The van der Waals surface area contributed by atoms with Crippen molar-refractivity contribution in [3.05, 3.63) is 36.0 Å². The number of nitrogens with one attached hydrogen (secondary N) is 1. The number of nitrogens with zero attached hydrogens (tertiary/aromatic N) is 2. The highest BCUT2D eigenvalue weighted by Crippen LogP contribution is 2.20. The normalized spacial score (nSPS) is 17.8. The van der Waals surface area contributed by atoms with Gasteiger partial charge in [-0.1, -0.05) is 13.0 Å². The fourth-order valence-corrected chi connectivity index (χ4v) is 3.24. The van der Waals surface area contributed by atoms with Crippen molar-refractivity contribution in [3.8, 4) is 0 Å². The first-order chi connectivity index (χ1) is 10.7. The Morgan fingerprint density at radius 2 is 2.05 bits per heavy atom. The molecule has 1 aromatic heterocycles. The van der Waals surface area contributed by atoms with Gasteiger partial charge in [-0.2, -0.15) is 0 Å². The van der Waals surface area contributed by atoms with E-state index >= 15 is 0 Å². The number of aliphatic hydroxyl groups is 1. The molecular weight excluding hydrogens is 278 g/mol. The molecule has 1 unspecified atom stereocenters. The van der Waals surface area contributed by atoms with Crippen molar-refractivity contribution in [2.45, 2.75) is 19.4 Å². The van der Waals surface area contributed by atoms with Crippen molar-refractivity contribution in [3.63, 3.8) is 0 Å². The van der Waals surface area contributed by atoms with Crippen LogP contribution in [0.15, 0.2) is 30.5 Å². The number of amides is 1. The maximum atomic E-state index is 12.8. The average molecular weight is 301 g/mol. The number of rotatable bonds is 4. The zero-order chi connectivity index (χ0) is 15.5. The van der Waals surface area contributed by atoms with Crippen LogP contribution in [0.25, 0.3) is 10.9 Å². The van der Waals surface area contributed by atoms with Crippen LogP contribution in [0.2, 0.25) is 0 Å². The lowest BCUT2D eigenvalue weighted by Crippen LogP contribution is -2.52. The van der Waals surface area contributed by atoms with E-state index in [1.54, 1.807) is 0 Å². The zero-order valence-electron chi connectivity index (χ0n) is 13.0. The summed E-state index contributed by atoms with van der Waals surface area (Å²) in [6.07, 6.45) is 2.81. The smallest absolute Gasteiger partial charge is 0.254 e. The molecule has 5 heteroatoms. The van der Waals surface area contributed by atoms with E-state index in [-0.39, 0.29) is 18.6 Å². The summed E-state index contributed by atoms with van der Waals surface area (Å²) in [5.41, 5.74) is 1.76. The third-order valence-corrected chi connectivity index (χ3v) is 4.63. The van der Waals surface area contributed by atoms with Crippen LogP contribution in [0.3, 0.4) is 0 Å². The molecule has 1 atom stereocenters. The summed E-state index contributed by atoms with van der Waals surface area (Å²) < 4.78 is 0. The third kappa shape index (κ3) is 2.74. The Balaban J connectivity index is 1.71. The van der Waals surface area contributed by atoms with Crippen LogP contribution in [0.1, 0.15) is 23.7 Å². The molecule has 1 aliphatic heterocycles. The van der Waals surface area contributed by atoms with E-state index in [0.29, 0.717) is 0 Å². The lowest BCUT2D eigenvalue weighted by molar-refractivity contribution is 0.0474. The van der Waals surface area contributed by atoms with Crippen molar-refractivity contribution in [2.24, 2.45) is 0 Å². The molecule has 2 heterocycles. The molecule has 1 saturated heterocycles. The molecule has 2 N–H and O–H groups in total. The SMILES string of the molecule is CCC(CO)N1CCN(C(=O)c2cccc3[nH]ccc23)CC1. The van der Waals surface area contributed by atoms with Gasteiger partial charge in [-0.25, -0.2) is 0 Å². The highest BCUT2D eigenvalue weighted by molar-refractivity contribution is 6.06. The van der Waals surface area contributed by atoms with Crippen molar-refractivity contribution in [2.75, 3.05) is 32.8 Å². The first kappa shape index (κ1) is 15.1. The van der Waals surface area contributed by atoms with Gasteiger partial charge in [0.05, 0.1) is 6.61 Å². The molecule has 0 spiro atoms. The molecule has 0 aliphatic carbocycles. The maximum Gasteiger partial charge on any atom is 0.254 e. The second-order valence-corrected chi connectivity index (χ2v) is 5.82. The minimum Gasteiger partial charge on any atom is -0.395 e. The first-order valence-corrected chi connectivity index (χ1v) is 7.95. The van der Waals surface area contributed by atoms with Gasteiger partial charge in [0.1, 0.15) is 0 Å². The number of hydrogen-bond acceptors (Lipinski definition) is 3. The molecule has 5 nitrogen and oxygen atoms in total. The van der Waals surface area contributed by atoms with Gasteiger partial charge < -0.3 is 15.0 Å². The molecule has 1 amide bonds. The van der Waals surface area contributed by atoms with Crippen molar-refractivity contribution in [1.82, 2.24) is 14.8 Å². The molecular formula is C17H23N3O2. The molecule has 0 saturated carbocycles.